The molecule has 0 radical (unpaired) electrons. The third kappa shape index (κ3) is 0.877. The van der Waals surface area contributed by atoms with Crippen LogP contribution in [0.2, 0.25) is 0 Å². The van der Waals surface area contributed by atoms with Crippen LogP contribution in [0.25, 0.3) is 0 Å². The van der Waals surface area contributed by atoms with Gasteiger partial charge in [0.05, 0.1) is 12.2 Å². The monoisotopic (exact) mass is 198 g/mol. The molecule has 4 saturated heterocycles. The van der Waals surface area contributed by atoms with Crippen molar-refractivity contribution >= 4 is 0 Å². The smallest absolute Gasteiger partial charge is 0.0851 e. The molecule has 0 amide bonds. The standard InChI is InChI=1S/C10H18N2O2/c1-11-5-3-7-10(14)6(11)4-8(9(5)13)12(7)2/h5-10,13-14H,3-4H2,1-2H3/t5-,6-,7-,8-,9?,10?/m1/s1. The summed E-state index contributed by atoms with van der Waals surface area (Å²) in [5.41, 5.74) is 0. The van der Waals surface area contributed by atoms with Gasteiger partial charge in [0, 0.05) is 24.2 Å². The quantitative estimate of drug-likeness (QED) is 0.517. The van der Waals surface area contributed by atoms with Crippen molar-refractivity contribution in [3.63, 3.8) is 0 Å². The molecule has 0 aromatic rings. The van der Waals surface area contributed by atoms with E-state index in [1.165, 1.54) is 0 Å². The number of rotatable bonds is 0. The lowest BCUT2D eigenvalue weighted by atomic mass is 9.70. The van der Waals surface area contributed by atoms with Crippen LogP contribution in [0.4, 0.5) is 0 Å². The first kappa shape index (κ1) is 9.09. The molecule has 0 unspecified atom stereocenters. The Balaban J connectivity index is 1.98. The molecule has 80 valence electrons. The SMILES string of the molecule is CN1[C@@H]2C[C@@H]3C(O)[C@H]1C[C@H](C2O)N3C. The maximum absolute atomic E-state index is 10.1. The summed E-state index contributed by atoms with van der Waals surface area (Å²) in [6.45, 7) is 0. The normalized spacial score (nSPS) is 58.3. The average molecular weight is 198 g/mol. The van der Waals surface area contributed by atoms with Crippen LogP contribution < -0.4 is 0 Å². The number of nitrogens with zero attached hydrogens (tertiary/aromatic N) is 2. The number of hydrogen-bond donors (Lipinski definition) is 2. The van der Waals surface area contributed by atoms with Crippen LogP contribution in [0.1, 0.15) is 12.8 Å². The number of piperidine rings is 4. The first-order valence-electron chi connectivity index (χ1n) is 5.41. The minimum atomic E-state index is -0.231. The molecule has 0 saturated carbocycles. The van der Waals surface area contributed by atoms with Gasteiger partial charge in [0.1, 0.15) is 0 Å². The second kappa shape index (κ2) is 2.70. The Morgan fingerprint density at radius 1 is 0.786 bits per heavy atom. The van der Waals surface area contributed by atoms with Gasteiger partial charge < -0.3 is 10.2 Å². The van der Waals surface area contributed by atoms with E-state index in [4.69, 9.17) is 0 Å². The summed E-state index contributed by atoms with van der Waals surface area (Å²) in [6, 6.07) is 1.07. The summed E-state index contributed by atoms with van der Waals surface area (Å²) >= 11 is 0. The van der Waals surface area contributed by atoms with Gasteiger partial charge in [0.2, 0.25) is 0 Å². The van der Waals surface area contributed by atoms with Crippen molar-refractivity contribution in [3.8, 4) is 0 Å². The van der Waals surface area contributed by atoms with Gasteiger partial charge in [0.25, 0.3) is 0 Å². The fourth-order valence-corrected chi connectivity index (χ4v) is 3.69. The summed E-state index contributed by atoms with van der Waals surface area (Å²) in [5, 5.41) is 20.2. The lowest BCUT2D eigenvalue weighted by molar-refractivity contribution is -0.201. The predicted octanol–water partition coefficient (Wildman–Crippen LogP) is -1.13. The van der Waals surface area contributed by atoms with Crippen LogP contribution in [0.5, 0.6) is 0 Å². The molecule has 4 atom stereocenters. The zero-order chi connectivity index (χ0) is 10.0. The summed E-state index contributed by atoms with van der Waals surface area (Å²) < 4.78 is 0. The highest BCUT2D eigenvalue weighted by molar-refractivity contribution is 5.13. The number of aliphatic hydroxyl groups excluding tert-OH is 2. The molecule has 4 fully saturated rings. The molecule has 14 heavy (non-hydrogen) atoms. The van der Waals surface area contributed by atoms with Crippen molar-refractivity contribution < 1.29 is 10.2 Å². The molecule has 4 aliphatic heterocycles. The van der Waals surface area contributed by atoms with E-state index >= 15 is 0 Å². The third-order valence-corrected chi connectivity index (χ3v) is 4.64. The Hall–Kier alpha value is -0.160. The molecule has 4 aliphatic rings. The highest BCUT2D eigenvalue weighted by atomic mass is 16.3. The molecule has 2 N–H and O–H groups in total. The molecule has 4 heteroatoms. The predicted molar refractivity (Wildman–Crippen MR) is 51.9 cm³/mol. The third-order valence-electron chi connectivity index (χ3n) is 4.64. The highest BCUT2D eigenvalue weighted by Crippen LogP contribution is 2.42. The lowest BCUT2D eigenvalue weighted by Gasteiger charge is -2.63. The van der Waals surface area contributed by atoms with E-state index < -0.39 is 0 Å². The molecule has 4 heterocycles. The van der Waals surface area contributed by atoms with Crippen LogP contribution >= 0.6 is 0 Å². The zero-order valence-electron chi connectivity index (χ0n) is 8.67. The number of hydrogen-bond acceptors (Lipinski definition) is 4. The van der Waals surface area contributed by atoms with Crippen LogP contribution in [0, 0.1) is 0 Å². The maximum atomic E-state index is 10.1. The van der Waals surface area contributed by atoms with E-state index in [9.17, 15) is 10.2 Å². The van der Waals surface area contributed by atoms with Crippen molar-refractivity contribution in [2.75, 3.05) is 14.1 Å². The molecule has 0 aliphatic carbocycles. The van der Waals surface area contributed by atoms with Gasteiger partial charge >= 0.3 is 0 Å². The van der Waals surface area contributed by atoms with Crippen LogP contribution in [-0.4, -0.2) is 70.5 Å². The maximum Gasteiger partial charge on any atom is 0.0851 e. The average Bonchev–Trinajstić information content (AvgIpc) is 2.13. The van der Waals surface area contributed by atoms with E-state index in [1.807, 2.05) is 14.1 Å². The minimum Gasteiger partial charge on any atom is -0.390 e. The Bertz CT molecular complexity index is 195. The molecular formula is C10H18N2O2. The topological polar surface area (TPSA) is 46.9 Å². The van der Waals surface area contributed by atoms with Gasteiger partial charge in [-0.05, 0) is 26.9 Å². The molecule has 0 aromatic heterocycles. The summed E-state index contributed by atoms with van der Waals surface area (Å²) in [4.78, 5) is 4.35. The van der Waals surface area contributed by atoms with Crippen LogP contribution in [0.15, 0.2) is 0 Å². The molecule has 0 aromatic carbocycles. The number of likely N-dealkylation sites (N-methyl/N-ethyl adjacent to an activating group) is 2. The van der Waals surface area contributed by atoms with Crippen molar-refractivity contribution in [2.45, 2.75) is 49.2 Å². The van der Waals surface area contributed by atoms with Crippen LogP contribution in [0.3, 0.4) is 0 Å². The fourth-order valence-electron chi connectivity index (χ4n) is 3.69. The molecular weight excluding hydrogens is 180 g/mol. The number of aliphatic hydroxyl groups is 2. The first-order chi connectivity index (χ1) is 6.61. The zero-order valence-corrected chi connectivity index (χ0v) is 8.67. The van der Waals surface area contributed by atoms with Crippen LogP contribution in [-0.2, 0) is 0 Å². The summed E-state index contributed by atoms with van der Waals surface area (Å²) in [6.07, 6.45) is 1.35. The Kier molecular flexibility index (Phi) is 1.75. The van der Waals surface area contributed by atoms with E-state index in [0.717, 1.165) is 12.8 Å². The van der Waals surface area contributed by atoms with Gasteiger partial charge in [-0.2, -0.15) is 0 Å². The lowest BCUT2D eigenvalue weighted by Crippen LogP contribution is -2.78. The molecule has 4 nitrogen and oxygen atoms in total. The van der Waals surface area contributed by atoms with Gasteiger partial charge in [0.15, 0.2) is 0 Å². The summed E-state index contributed by atoms with van der Waals surface area (Å²) in [7, 11) is 4.05. The Morgan fingerprint density at radius 3 is 1.36 bits per heavy atom. The fraction of sp³-hybridized carbons (Fsp3) is 1.00. The Morgan fingerprint density at radius 2 is 1.07 bits per heavy atom. The van der Waals surface area contributed by atoms with Gasteiger partial charge in [-0.3, -0.25) is 9.80 Å². The summed E-state index contributed by atoms with van der Waals surface area (Å²) in [5.74, 6) is 0. The largest absolute Gasteiger partial charge is 0.390 e. The Labute approximate surface area is 84.1 Å². The van der Waals surface area contributed by atoms with Crippen molar-refractivity contribution in [1.29, 1.82) is 0 Å². The minimum absolute atomic E-state index is 0.231. The first-order valence-corrected chi connectivity index (χ1v) is 5.41. The molecule has 4 rings (SSSR count). The van der Waals surface area contributed by atoms with Gasteiger partial charge in [-0.1, -0.05) is 0 Å². The highest BCUT2D eigenvalue weighted by Gasteiger charge is 2.57. The van der Waals surface area contributed by atoms with Gasteiger partial charge in [-0.15, -0.1) is 0 Å². The van der Waals surface area contributed by atoms with Gasteiger partial charge in [-0.25, -0.2) is 0 Å². The van der Waals surface area contributed by atoms with Crippen molar-refractivity contribution in [2.24, 2.45) is 0 Å². The van der Waals surface area contributed by atoms with Crippen molar-refractivity contribution in [1.82, 2.24) is 9.80 Å². The van der Waals surface area contributed by atoms with Crippen molar-refractivity contribution in [3.05, 3.63) is 0 Å². The van der Waals surface area contributed by atoms with E-state index in [0.29, 0.717) is 0 Å². The van der Waals surface area contributed by atoms with E-state index in [2.05, 4.69) is 9.80 Å². The van der Waals surface area contributed by atoms with E-state index in [1.54, 1.807) is 0 Å². The second-order valence-electron chi connectivity index (χ2n) is 5.05. The second-order valence-corrected chi connectivity index (χ2v) is 5.05. The van der Waals surface area contributed by atoms with E-state index in [-0.39, 0.29) is 36.4 Å². The molecule has 0 spiro atoms. The molecule has 4 bridgehead atoms.